The van der Waals surface area contributed by atoms with Crippen molar-refractivity contribution >= 4 is 40.0 Å². The van der Waals surface area contributed by atoms with Crippen LogP contribution in [0.5, 0.6) is 5.75 Å². The van der Waals surface area contributed by atoms with Crippen molar-refractivity contribution in [2.75, 3.05) is 13.7 Å². The minimum Gasteiger partial charge on any atom is -0.496 e. The number of aromatic nitrogens is 1. The second kappa shape index (κ2) is 4.62. The van der Waals surface area contributed by atoms with Gasteiger partial charge >= 0.3 is 0 Å². The van der Waals surface area contributed by atoms with Gasteiger partial charge in [-0.2, -0.15) is 0 Å². The van der Waals surface area contributed by atoms with E-state index in [9.17, 15) is 4.79 Å². The van der Waals surface area contributed by atoms with Gasteiger partial charge in [-0.05, 0) is 5.56 Å². The third-order valence-electron chi connectivity index (χ3n) is 3.38. The third kappa shape index (κ3) is 1.95. The Balaban J connectivity index is 2.35. The summed E-state index contributed by atoms with van der Waals surface area (Å²) < 4.78 is 5.37. The van der Waals surface area contributed by atoms with Gasteiger partial charge in [-0.15, -0.1) is 0 Å². The fraction of sp³-hybridized carbons (Fsp3) is 0.308. The highest BCUT2D eigenvalue weighted by Crippen LogP contribution is 2.40. The summed E-state index contributed by atoms with van der Waals surface area (Å²) in [5, 5.41) is 4.60. The number of methoxy groups -OCH3 is 1. The van der Waals surface area contributed by atoms with E-state index in [2.05, 4.69) is 10.3 Å². The topological polar surface area (TPSA) is 54.1 Å². The van der Waals surface area contributed by atoms with E-state index in [0.29, 0.717) is 28.8 Å². The maximum Gasteiger partial charge on any atom is 0.224 e. The average Bonchev–Trinajstić information content (AvgIpc) is 2.63. The molecule has 19 heavy (non-hydrogen) atoms. The Labute approximate surface area is 120 Å². The normalized spacial score (nSPS) is 15.0. The Hall–Kier alpha value is -1.39. The van der Waals surface area contributed by atoms with E-state index < -0.39 is 0 Å². The fourth-order valence-corrected chi connectivity index (χ4v) is 2.91. The van der Waals surface area contributed by atoms with Gasteiger partial charge in [-0.25, -0.2) is 0 Å². The van der Waals surface area contributed by atoms with Crippen LogP contribution in [-0.4, -0.2) is 24.5 Å². The molecule has 0 unspecified atom stereocenters. The molecule has 1 aliphatic rings. The molecular formula is C13H12Cl2N2O2. The molecule has 0 radical (unpaired) electrons. The van der Waals surface area contributed by atoms with Crippen LogP contribution in [0.2, 0.25) is 10.0 Å². The van der Waals surface area contributed by atoms with Gasteiger partial charge < -0.3 is 15.0 Å². The van der Waals surface area contributed by atoms with E-state index in [1.807, 2.05) is 0 Å². The number of carbonyl (C=O) groups is 1. The number of aromatic amines is 1. The summed E-state index contributed by atoms with van der Waals surface area (Å²) in [6.45, 7) is 0.617. The minimum absolute atomic E-state index is 0.00720. The number of benzene rings is 1. The summed E-state index contributed by atoms with van der Waals surface area (Å²) in [5.41, 5.74) is 2.70. The lowest BCUT2D eigenvalue weighted by molar-refractivity contribution is -0.120. The smallest absolute Gasteiger partial charge is 0.224 e. The van der Waals surface area contributed by atoms with Gasteiger partial charge in [0.2, 0.25) is 5.91 Å². The van der Waals surface area contributed by atoms with Crippen LogP contribution in [0.15, 0.2) is 6.07 Å². The number of halogens is 2. The lowest BCUT2D eigenvalue weighted by atomic mass is 10.1. The van der Waals surface area contributed by atoms with Crippen LogP contribution in [0.25, 0.3) is 10.9 Å². The Morgan fingerprint density at radius 1 is 1.37 bits per heavy atom. The van der Waals surface area contributed by atoms with Crippen LogP contribution >= 0.6 is 23.2 Å². The summed E-state index contributed by atoms with van der Waals surface area (Å²) >= 11 is 12.3. The van der Waals surface area contributed by atoms with Crippen LogP contribution in [0.3, 0.4) is 0 Å². The molecule has 0 saturated heterocycles. The lowest BCUT2D eigenvalue weighted by Gasteiger charge is -2.07. The molecule has 2 heterocycles. The average molecular weight is 299 g/mol. The molecule has 4 nitrogen and oxygen atoms in total. The summed E-state index contributed by atoms with van der Waals surface area (Å²) in [5.74, 6) is 0.643. The van der Waals surface area contributed by atoms with Crippen molar-refractivity contribution in [3.63, 3.8) is 0 Å². The number of carbonyl (C=O) groups excluding carboxylic acids is 1. The van der Waals surface area contributed by atoms with E-state index in [4.69, 9.17) is 27.9 Å². The molecule has 1 amide bonds. The summed E-state index contributed by atoms with van der Waals surface area (Å²) in [4.78, 5) is 15.0. The molecule has 100 valence electrons. The molecule has 0 fully saturated rings. The number of nitrogens with one attached hydrogen (secondary N) is 2. The Morgan fingerprint density at radius 2 is 2.16 bits per heavy atom. The zero-order valence-electron chi connectivity index (χ0n) is 10.3. The molecular weight excluding hydrogens is 287 g/mol. The molecule has 0 aliphatic carbocycles. The van der Waals surface area contributed by atoms with Gasteiger partial charge in [0.1, 0.15) is 5.75 Å². The van der Waals surface area contributed by atoms with E-state index in [1.54, 1.807) is 13.2 Å². The molecule has 6 heteroatoms. The van der Waals surface area contributed by atoms with Crippen LogP contribution in [-0.2, 0) is 17.6 Å². The molecule has 2 N–H and O–H groups in total. The summed E-state index contributed by atoms with van der Waals surface area (Å²) in [6.07, 6.45) is 1.07. The molecule has 1 aromatic carbocycles. The van der Waals surface area contributed by atoms with Crippen LogP contribution in [0.1, 0.15) is 11.3 Å². The molecule has 0 saturated carbocycles. The molecule has 2 aromatic rings. The first-order chi connectivity index (χ1) is 9.11. The number of hydrogen-bond donors (Lipinski definition) is 2. The lowest BCUT2D eigenvalue weighted by Crippen LogP contribution is -2.24. The van der Waals surface area contributed by atoms with Crippen molar-refractivity contribution in [2.24, 2.45) is 0 Å². The van der Waals surface area contributed by atoms with Crippen molar-refractivity contribution in [3.05, 3.63) is 27.4 Å². The standard InChI is InChI=1S/C13H12Cl2N2O2/c1-19-9-5-7(14)12(15)13-11(9)6-4-10(18)16-3-2-8(6)17-13/h5,17H,2-4H2,1H3,(H,16,18). The highest BCUT2D eigenvalue weighted by atomic mass is 35.5. The summed E-state index contributed by atoms with van der Waals surface area (Å²) in [6, 6.07) is 1.68. The first kappa shape index (κ1) is 12.6. The third-order valence-corrected chi connectivity index (χ3v) is 4.17. The van der Waals surface area contributed by atoms with Crippen molar-refractivity contribution in [1.82, 2.24) is 10.3 Å². The SMILES string of the molecule is COc1cc(Cl)c(Cl)c2[nH]c3c(c12)CC(=O)NCC3. The van der Waals surface area contributed by atoms with E-state index in [1.165, 1.54) is 0 Å². The van der Waals surface area contributed by atoms with E-state index >= 15 is 0 Å². The Morgan fingerprint density at radius 3 is 2.89 bits per heavy atom. The number of H-pyrrole nitrogens is 1. The number of ether oxygens (including phenoxy) is 1. The van der Waals surface area contributed by atoms with Gasteiger partial charge in [0.25, 0.3) is 0 Å². The first-order valence-electron chi connectivity index (χ1n) is 5.94. The molecule has 0 atom stereocenters. The highest BCUT2D eigenvalue weighted by molar-refractivity contribution is 6.45. The number of amides is 1. The molecule has 0 bridgehead atoms. The van der Waals surface area contributed by atoms with Gasteiger partial charge in [0.15, 0.2) is 0 Å². The fourth-order valence-electron chi connectivity index (χ4n) is 2.52. The largest absolute Gasteiger partial charge is 0.496 e. The highest BCUT2D eigenvalue weighted by Gasteiger charge is 2.23. The molecule has 3 rings (SSSR count). The molecule has 1 aromatic heterocycles. The van der Waals surface area contributed by atoms with E-state index in [-0.39, 0.29) is 5.91 Å². The predicted octanol–water partition coefficient (Wildman–Crippen LogP) is 2.70. The van der Waals surface area contributed by atoms with Gasteiger partial charge in [-0.1, -0.05) is 23.2 Å². The zero-order valence-corrected chi connectivity index (χ0v) is 11.8. The first-order valence-corrected chi connectivity index (χ1v) is 6.69. The monoisotopic (exact) mass is 298 g/mol. The maximum atomic E-state index is 11.7. The van der Waals surface area contributed by atoms with Crippen LogP contribution in [0, 0.1) is 0 Å². The minimum atomic E-state index is 0.00720. The van der Waals surface area contributed by atoms with Gasteiger partial charge in [0, 0.05) is 30.1 Å². The zero-order chi connectivity index (χ0) is 13.6. The predicted molar refractivity (Wildman–Crippen MR) is 75.3 cm³/mol. The summed E-state index contributed by atoms with van der Waals surface area (Å²) in [7, 11) is 1.58. The quantitative estimate of drug-likeness (QED) is 0.850. The van der Waals surface area contributed by atoms with Crippen molar-refractivity contribution in [2.45, 2.75) is 12.8 Å². The molecule has 0 spiro atoms. The Kier molecular flexibility index (Phi) is 3.07. The molecule has 1 aliphatic heterocycles. The van der Waals surface area contributed by atoms with E-state index in [0.717, 1.165) is 28.6 Å². The van der Waals surface area contributed by atoms with Crippen molar-refractivity contribution in [1.29, 1.82) is 0 Å². The maximum absolute atomic E-state index is 11.7. The second-order valence-electron chi connectivity index (χ2n) is 4.48. The number of fused-ring (bicyclic) bond motifs is 3. The van der Waals surface area contributed by atoms with Crippen LogP contribution in [0.4, 0.5) is 0 Å². The number of hydrogen-bond acceptors (Lipinski definition) is 2. The van der Waals surface area contributed by atoms with Crippen molar-refractivity contribution < 1.29 is 9.53 Å². The Bertz CT molecular complexity index is 679. The van der Waals surface area contributed by atoms with Crippen molar-refractivity contribution in [3.8, 4) is 5.75 Å². The second-order valence-corrected chi connectivity index (χ2v) is 5.27. The number of rotatable bonds is 1. The van der Waals surface area contributed by atoms with Crippen LogP contribution < -0.4 is 10.1 Å². The van der Waals surface area contributed by atoms with Gasteiger partial charge in [0.05, 0.1) is 29.1 Å². The van der Waals surface area contributed by atoms with Gasteiger partial charge in [-0.3, -0.25) is 4.79 Å².